The lowest BCUT2D eigenvalue weighted by atomic mass is 9.75. The Balaban J connectivity index is 0.00000324. The molecule has 0 amide bonds. The van der Waals surface area contributed by atoms with E-state index in [1.807, 2.05) is 34.6 Å². The van der Waals surface area contributed by atoms with Crippen molar-refractivity contribution in [3.63, 3.8) is 0 Å². The average Bonchev–Trinajstić information content (AvgIpc) is 3.01. The highest BCUT2D eigenvalue weighted by atomic mass is 19.1. The van der Waals surface area contributed by atoms with Crippen LogP contribution in [0.2, 0.25) is 0 Å². The van der Waals surface area contributed by atoms with Crippen molar-refractivity contribution < 1.29 is 26.1 Å². The van der Waals surface area contributed by atoms with Crippen LogP contribution in [0, 0.1) is 5.82 Å². The van der Waals surface area contributed by atoms with Gasteiger partial charge in [-0.1, -0.05) is 26.3 Å². The van der Waals surface area contributed by atoms with Gasteiger partial charge in [0.1, 0.15) is 0 Å². The molecule has 2 aromatic rings. The minimum atomic E-state index is -0.726. The summed E-state index contributed by atoms with van der Waals surface area (Å²) in [5, 5.41) is 6.20. The molecule has 1 aromatic carbocycles. The average molecular weight is 476 g/mol. The topological polar surface area (TPSA) is 94.6 Å². The van der Waals surface area contributed by atoms with E-state index in [4.69, 9.17) is 14.0 Å². The van der Waals surface area contributed by atoms with Crippen LogP contribution in [0.15, 0.2) is 24.4 Å². The number of esters is 1. The Morgan fingerprint density at radius 1 is 1.24 bits per heavy atom. The number of carbonyl (C=O) groups excluding carboxylic acids is 1. The number of aromatic nitrogens is 2. The first kappa shape index (κ1) is 25.9. The lowest BCUT2D eigenvalue weighted by molar-refractivity contribution is 0.00578. The molecule has 1 unspecified atom stereocenters. The number of benzene rings is 1. The molecule has 1 aliphatic heterocycles. The van der Waals surface area contributed by atoms with Gasteiger partial charge >= 0.3 is 13.1 Å². The molecule has 0 saturated carbocycles. The first-order chi connectivity index (χ1) is 16.0. The lowest BCUT2D eigenvalue weighted by Gasteiger charge is -2.32. The van der Waals surface area contributed by atoms with Crippen LogP contribution < -0.4 is 16.1 Å². The molecule has 1 aromatic heterocycles. The Hall–Kier alpha value is -2.72. The van der Waals surface area contributed by atoms with E-state index in [0.717, 1.165) is 25.5 Å². The van der Waals surface area contributed by atoms with Gasteiger partial charge in [-0.15, -0.1) is 0 Å². The van der Waals surface area contributed by atoms with Crippen molar-refractivity contribution in [3.8, 4) is 0 Å². The summed E-state index contributed by atoms with van der Waals surface area (Å²) < 4.78 is 31.5. The maximum atomic E-state index is 14.3. The number of carbonyl (C=O) groups is 1. The molecule has 2 N–H and O–H groups in total. The maximum absolute atomic E-state index is 14.3. The molecule has 0 aliphatic carbocycles. The summed E-state index contributed by atoms with van der Waals surface area (Å²) in [6.07, 6.45) is 3.86. The van der Waals surface area contributed by atoms with E-state index in [-0.39, 0.29) is 20.7 Å². The third kappa shape index (κ3) is 5.50. The van der Waals surface area contributed by atoms with Gasteiger partial charge in [0.05, 0.1) is 30.1 Å². The number of methoxy groups -OCH3 is 1. The van der Waals surface area contributed by atoms with Crippen molar-refractivity contribution in [2.45, 2.75) is 78.0 Å². The smallest absolute Gasteiger partial charge is 0.465 e. The molecule has 0 radical (unpaired) electrons. The zero-order valence-electron chi connectivity index (χ0n) is 21.0. The Bertz CT molecular complexity index is 1030. The fourth-order valence-corrected chi connectivity index (χ4v) is 3.67. The van der Waals surface area contributed by atoms with Gasteiger partial charge in [-0.3, -0.25) is 0 Å². The molecule has 0 spiro atoms. The molecular weight excluding hydrogens is 438 g/mol. The highest BCUT2D eigenvalue weighted by Crippen LogP contribution is 2.37. The zero-order valence-corrected chi connectivity index (χ0v) is 21.0. The summed E-state index contributed by atoms with van der Waals surface area (Å²) in [6, 6.07) is 5.25. The van der Waals surface area contributed by atoms with Gasteiger partial charge in [0.15, 0.2) is 11.6 Å². The largest absolute Gasteiger partial charge is 0.495 e. The Morgan fingerprint density at radius 3 is 2.50 bits per heavy atom. The van der Waals surface area contributed by atoms with Crippen LogP contribution in [0.5, 0.6) is 0 Å². The summed E-state index contributed by atoms with van der Waals surface area (Å²) in [7, 11) is 0.591. The van der Waals surface area contributed by atoms with E-state index in [2.05, 4.69) is 27.5 Å². The molecule has 3 rings (SSSR count). The summed E-state index contributed by atoms with van der Waals surface area (Å²) in [5.41, 5.74) is 0.283. The number of nitrogens with one attached hydrogen (secondary N) is 2. The summed E-state index contributed by atoms with van der Waals surface area (Å²) in [4.78, 5) is 20.9. The summed E-state index contributed by atoms with van der Waals surface area (Å²) >= 11 is 0. The second-order valence-corrected chi connectivity index (χ2v) is 9.44. The van der Waals surface area contributed by atoms with E-state index >= 15 is 0 Å². The van der Waals surface area contributed by atoms with Gasteiger partial charge in [-0.05, 0) is 58.1 Å². The van der Waals surface area contributed by atoms with Crippen LogP contribution in [0.4, 0.5) is 21.8 Å². The molecule has 1 fully saturated rings. The van der Waals surface area contributed by atoms with Crippen LogP contribution in [-0.2, 0) is 14.0 Å². The molecule has 188 valence electrons. The van der Waals surface area contributed by atoms with Gasteiger partial charge in [-0.2, -0.15) is 4.98 Å². The highest BCUT2D eigenvalue weighted by Gasteiger charge is 2.52. The van der Waals surface area contributed by atoms with Crippen molar-refractivity contribution in [2.75, 3.05) is 17.7 Å². The number of hydrogen-bond donors (Lipinski definition) is 2. The van der Waals surface area contributed by atoms with Crippen LogP contribution in [-0.4, -0.2) is 47.4 Å². The van der Waals surface area contributed by atoms with Crippen molar-refractivity contribution in [3.05, 3.63) is 35.8 Å². The van der Waals surface area contributed by atoms with Gasteiger partial charge in [0, 0.05) is 14.6 Å². The fourth-order valence-electron chi connectivity index (χ4n) is 3.67. The van der Waals surface area contributed by atoms with Crippen LogP contribution in [0.3, 0.4) is 0 Å². The minimum absolute atomic E-state index is 0. The fraction of sp³-hybridized carbons (Fsp3) is 0.542. The zero-order chi connectivity index (χ0) is 25.1. The van der Waals surface area contributed by atoms with E-state index in [9.17, 15) is 9.18 Å². The Kier molecular flexibility index (Phi) is 7.82. The second-order valence-electron chi connectivity index (χ2n) is 9.44. The molecule has 10 heteroatoms. The van der Waals surface area contributed by atoms with E-state index in [1.165, 1.54) is 7.11 Å². The van der Waals surface area contributed by atoms with Gasteiger partial charge in [0.2, 0.25) is 5.95 Å². The predicted molar refractivity (Wildman–Crippen MR) is 136 cm³/mol. The molecule has 0 bridgehead atoms. The second kappa shape index (κ2) is 10.3. The van der Waals surface area contributed by atoms with Crippen LogP contribution >= 0.6 is 0 Å². The number of rotatable bonds is 9. The molecule has 1 aliphatic rings. The van der Waals surface area contributed by atoms with Crippen molar-refractivity contribution in [2.24, 2.45) is 0 Å². The van der Waals surface area contributed by atoms with Crippen LogP contribution in [0.1, 0.15) is 74.0 Å². The van der Waals surface area contributed by atoms with Crippen molar-refractivity contribution >= 4 is 36.0 Å². The molecular formula is C24H38BFN4O4. The first-order valence-corrected chi connectivity index (χ1v) is 11.6. The summed E-state index contributed by atoms with van der Waals surface area (Å²) in [5.74, 6) is -0.707. The third-order valence-corrected chi connectivity index (χ3v) is 6.44. The third-order valence-electron chi connectivity index (χ3n) is 6.44. The summed E-state index contributed by atoms with van der Waals surface area (Å²) in [6.45, 7) is 11.9. The van der Waals surface area contributed by atoms with Gasteiger partial charge in [-0.25, -0.2) is 14.2 Å². The normalized spacial score (nSPS) is 17.4. The van der Waals surface area contributed by atoms with Gasteiger partial charge in [0.25, 0.3) is 0 Å². The Morgan fingerprint density at radius 2 is 1.91 bits per heavy atom. The lowest BCUT2D eigenvalue weighted by Crippen LogP contribution is -2.41. The molecule has 1 atom stereocenters. The molecule has 34 heavy (non-hydrogen) atoms. The van der Waals surface area contributed by atoms with E-state index in [0.29, 0.717) is 16.7 Å². The monoisotopic (exact) mass is 476 g/mol. The van der Waals surface area contributed by atoms with Crippen LogP contribution in [0.25, 0.3) is 0 Å². The maximum Gasteiger partial charge on any atom is 0.495 e. The van der Waals surface area contributed by atoms with Crippen molar-refractivity contribution in [1.29, 1.82) is 0 Å². The number of anilines is 3. The van der Waals surface area contributed by atoms with Crippen molar-refractivity contribution in [1.82, 2.24) is 9.97 Å². The highest BCUT2D eigenvalue weighted by molar-refractivity contribution is 6.63. The quantitative estimate of drug-likeness (QED) is 0.389. The first-order valence-electron chi connectivity index (χ1n) is 11.6. The van der Waals surface area contributed by atoms with Gasteiger partial charge < -0.3 is 24.7 Å². The number of hydrogen-bond acceptors (Lipinski definition) is 8. The molecule has 1 saturated heterocycles. The minimum Gasteiger partial charge on any atom is -0.465 e. The molecule has 2 heterocycles. The number of halogens is 1. The standard InChI is InChI=1S/C24H34BFN4O4.2H2/c1-8-10-15(9-2)28-20-19(26)14-27-22(30-20)29-16-11-12-18(17(13-16)21(31)32-7)25-33-23(3,4)24(5,6)34-25;;/h11-15H,8-10H2,1-7H3,(H2,27,28,29,30);2*1H. The number of nitrogens with zero attached hydrogens (tertiary/aromatic N) is 2. The van der Waals surface area contributed by atoms with E-state index < -0.39 is 30.1 Å². The predicted octanol–water partition coefficient (Wildman–Crippen LogP) is 4.93. The SMILES string of the molecule is CCCC(CC)Nc1nc(Nc2ccc(B3OC(C)(C)C(C)(C)O3)c(C(=O)OC)c2)ncc1F.[HH].[HH]. The van der Waals surface area contributed by atoms with E-state index in [1.54, 1.807) is 18.2 Å². The molecule has 8 nitrogen and oxygen atoms in total. The Labute approximate surface area is 204 Å². The number of ether oxygens (including phenoxy) is 1.